The second-order valence-corrected chi connectivity index (χ2v) is 5.11. The van der Waals surface area contributed by atoms with Crippen LogP contribution in [0, 0.1) is 6.92 Å². The summed E-state index contributed by atoms with van der Waals surface area (Å²) >= 11 is 0. The molecule has 0 spiro atoms. The van der Waals surface area contributed by atoms with Crippen LogP contribution in [0.3, 0.4) is 0 Å². The molecule has 18 heavy (non-hydrogen) atoms. The Balaban J connectivity index is 1.75. The van der Waals surface area contributed by atoms with Crippen molar-refractivity contribution in [3.05, 3.63) is 12.2 Å². The topological polar surface area (TPSA) is 37.2 Å². The summed E-state index contributed by atoms with van der Waals surface area (Å²) < 4.78 is 2.13. The normalized spacial score (nSPS) is 19.0. The van der Waals surface area contributed by atoms with E-state index in [1.54, 1.807) is 0 Å². The maximum Gasteiger partial charge on any atom is 0.129 e. The summed E-state index contributed by atoms with van der Waals surface area (Å²) in [5.41, 5.74) is 0. The lowest BCUT2D eigenvalue weighted by Crippen LogP contribution is -2.33. The molecule has 1 fully saturated rings. The van der Waals surface area contributed by atoms with Crippen LogP contribution in [0.15, 0.2) is 6.33 Å². The van der Waals surface area contributed by atoms with Crippen LogP contribution in [0.4, 0.5) is 0 Å². The molecule has 0 N–H and O–H groups in total. The molecular formula is C13H25N5. The second kappa shape index (κ2) is 6.85. The SMILES string of the molecule is CCCN1CCCN(CCn2cnnc2C)CC1. The molecule has 1 aliphatic heterocycles. The van der Waals surface area contributed by atoms with E-state index in [9.17, 15) is 0 Å². The zero-order chi connectivity index (χ0) is 12.8. The smallest absolute Gasteiger partial charge is 0.129 e. The zero-order valence-corrected chi connectivity index (χ0v) is 11.7. The van der Waals surface area contributed by atoms with E-state index in [4.69, 9.17) is 0 Å². The van der Waals surface area contributed by atoms with Gasteiger partial charge in [0.15, 0.2) is 0 Å². The second-order valence-electron chi connectivity index (χ2n) is 5.11. The van der Waals surface area contributed by atoms with E-state index in [-0.39, 0.29) is 0 Å². The average Bonchev–Trinajstić information content (AvgIpc) is 2.63. The van der Waals surface area contributed by atoms with Crippen LogP contribution < -0.4 is 0 Å². The Bertz CT molecular complexity index is 349. The Morgan fingerprint density at radius 3 is 2.39 bits per heavy atom. The summed E-state index contributed by atoms with van der Waals surface area (Å²) in [7, 11) is 0. The van der Waals surface area contributed by atoms with Gasteiger partial charge in [-0.3, -0.25) is 0 Å². The Labute approximate surface area is 110 Å². The maximum absolute atomic E-state index is 4.02. The number of aryl methyl sites for hydroxylation is 1. The Morgan fingerprint density at radius 2 is 1.78 bits per heavy atom. The van der Waals surface area contributed by atoms with Crippen LogP contribution in [0.5, 0.6) is 0 Å². The molecule has 1 aliphatic rings. The first-order valence-corrected chi connectivity index (χ1v) is 7.08. The van der Waals surface area contributed by atoms with Gasteiger partial charge in [-0.05, 0) is 39.4 Å². The van der Waals surface area contributed by atoms with Crippen LogP contribution in [0.2, 0.25) is 0 Å². The fourth-order valence-corrected chi connectivity index (χ4v) is 2.57. The lowest BCUT2D eigenvalue weighted by atomic mass is 10.3. The first-order valence-electron chi connectivity index (χ1n) is 7.08. The minimum atomic E-state index is 1.01. The van der Waals surface area contributed by atoms with Crippen LogP contribution >= 0.6 is 0 Å². The highest BCUT2D eigenvalue weighted by molar-refractivity contribution is 4.80. The van der Waals surface area contributed by atoms with E-state index in [2.05, 4.69) is 31.5 Å². The van der Waals surface area contributed by atoms with Crippen molar-refractivity contribution >= 4 is 0 Å². The first kappa shape index (κ1) is 13.5. The van der Waals surface area contributed by atoms with Crippen molar-refractivity contribution in [3.8, 4) is 0 Å². The molecule has 1 aromatic heterocycles. The third-order valence-electron chi connectivity index (χ3n) is 3.69. The largest absolute Gasteiger partial charge is 0.317 e. The fraction of sp³-hybridized carbons (Fsp3) is 0.846. The van der Waals surface area contributed by atoms with Crippen molar-refractivity contribution in [1.82, 2.24) is 24.6 Å². The van der Waals surface area contributed by atoms with E-state index in [1.165, 1.54) is 45.6 Å². The number of hydrogen-bond acceptors (Lipinski definition) is 4. The average molecular weight is 251 g/mol. The lowest BCUT2D eigenvalue weighted by Gasteiger charge is -2.21. The predicted octanol–water partition coefficient (Wildman–Crippen LogP) is 1.00. The van der Waals surface area contributed by atoms with Gasteiger partial charge >= 0.3 is 0 Å². The lowest BCUT2D eigenvalue weighted by molar-refractivity contribution is 0.250. The van der Waals surface area contributed by atoms with E-state index >= 15 is 0 Å². The van der Waals surface area contributed by atoms with Crippen LogP contribution in [-0.2, 0) is 6.54 Å². The van der Waals surface area contributed by atoms with Crippen molar-refractivity contribution in [2.75, 3.05) is 39.3 Å². The summed E-state index contributed by atoms with van der Waals surface area (Å²) in [6.07, 6.45) is 4.39. The number of hydrogen-bond donors (Lipinski definition) is 0. The molecule has 0 saturated carbocycles. The van der Waals surface area contributed by atoms with Crippen molar-refractivity contribution < 1.29 is 0 Å². The van der Waals surface area contributed by atoms with Gasteiger partial charge in [0, 0.05) is 26.2 Å². The van der Waals surface area contributed by atoms with E-state index in [1.807, 2.05) is 13.3 Å². The van der Waals surface area contributed by atoms with E-state index < -0.39 is 0 Å². The fourth-order valence-electron chi connectivity index (χ4n) is 2.57. The summed E-state index contributed by atoms with van der Waals surface area (Å²) in [5, 5.41) is 7.95. The van der Waals surface area contributed by atoms with Gasteiger partial charge < -0.3 is 14.4 Å². The molecule has 0 bridgehead atoms. The highest BCUT2D eigenvalue weighted by Gasteiger charge is 2.13. The molecule has 2 rings (SSSR count). The first-order chi connectivity index (χ1) is 8.79. The Hall–Kier alpha value is -0.940. The summed E-state index contributed by atoms with van der Waals surface area (Å²) in [6.45, 7) is 12.5. The van der Waals surface area contributed by atoms with Crippen LogP contribution in [0.1, 0.15) is 25.6 Å². The van der Waals surface area contributed by atoms with Gasteiger partial charge in [-0.2, -0.15) is 0 Å². The summed E-state index contributed by atoms with van der Waals surface area (Å²) in [5.74, 6) is 1.01. The minimum absolute atomic E-state index is 1.01. The molecule has 5 heteroatoms. The zero-order valence-electron chi connectivity index (χ0n) is 11.7. The molecule has 0 radical (unpaired) electrons. The maximum atomic E-state index is 4.02. The van der Waals surface area contributed by atoms with Gasteiger partial charge in [0.2, 0.25) is 0 Å². The van der Waals surface area contributed by atoms with Crippen LogP contribution in [0.25, 0.3) is 0 Å². The van der Waals surface area contributed by atoms with Crippen LogP contribution in [-0.4, -0.2) is 63.8 Å². The number of rotatable bonds is 5. The molecular weight excluding hydrogens is 226 g/mol. The quantitative estimate of drug-likeness (QED) is 0.782. The molecule has 102 valence electrons. The third-order valence-corrected chi connectivity index (χ3v) is 3.69. The molecule has 0 amide bonds. The third kappa shape index (κ3) is 3.78. The van der Waals surface area contributed by atoms with Gasteiger partial charge in [-0.15, -0.1) is 10.2 Å². The van der Waals surface area contributed by atoms with Gasteiger partial charge in [-0.25, -0.2) is 0 Å². The van der Waals surface area contributed by atoms with Gasteiger partial charge in [0.05, 0.1) is 0 Å². The summed E-state index contributed by atoms with van der Waals surface area (Å²) in [4.78, 5) is 5.15. The molecule has 5 nitrogen and oxygen atoms in total. The summed E-state index contributed by atoms with van der Waals surface area (Å²) in [6, 6.07) is 0. The molecule has 1 saturated heterocycles. The van der Waals surface area contributed by atoms with Gasteiger partial charge in [-0.1, -0.05) is 6.92 Å². The number of aromatic nitrogens is 3. The van der Waals surface area contributed by atoms with E-state index in [0.717, 1.165) is 18.9 Å². The van der Waals surface area contributed by atoms with Crippen molar-refractivity contribution in [2.45, 2.75) is 33.2 Å². The van der Waals surface area contributed by atoms with E-state index in [0.29, 0.717) is 0 Å². The van der Waals surface area contributed by atoms with Crippen molar-refractivity contribution in [1.29, 1.82) is 0 Å². The Kier molecular flexibility index (Phi) is 5.13. The molecule has 0 unspecified atom stereocenters. The standard InChI is InChI=1S/C13H25N5/c1-3-5-16-6-4-7-17(9-8-16)10-11-18-12-14-15-13(18)2/h12H,3-11H2,1-2H3. The van der Waals surface area contributed by atoms with Crippen molar-refractivity contribution in [2.24, 2.45) is 0 Å². The van der Waals surface area contributed by atoms with Gasteiger partial charge in [0.25, 0.3) is 0 Å². The molecule has 2 heterocycles. The minimum Gasteiger partial charge on any atom is -0.317 e. The Morgan fingerprint density at radius 1 is 1.06 bits per heavy atom. The molecule has 0 aromatic carbocycles. The predicted molar refractivity (Wildman–Crippen MR) is 72.5 cm³/mol. The highest BCUT2D eigenvalue weighted by Crippen LogP contribution is 2.04. The number of nitrogens with zero attached hydrogens (tertiary/aromatic N) is 5. The molecule has 0 atom stereocenters. The highest BCUT2D eigenvalue weighted by atomic mass is 15.3. The monoisotopic (exact) mass is 251 g/mol. The molecule has 1 aromatic rings. The van der Waals surface area contributed by atoms with Crippen molar-refractivity contribution in [3.63, 3.8) is 0 Å². The molecule has 0 aliphatic carbocycles. The van der Waals surface area contributed by atoms with Gasteiger partial charge in [0.1, 0.15) is 12.2 Å².